The molecule has 0 aromatic heterocycles. The molecule has 7 heteroatoms. The molecule has 1 amide bonds. The molecule has 0 saturated carbocycles. The van der Waals surface area contributed by atoms with Crippen molar-refractivity contribution in [2.24, 2.45) is 0 Å². The van der Waals surface area contributed by atoms with Crippen LogP contribution in [0.3, 0.4) is 0 Å². The molecule has 1 aliphatic heterocycles. The van der Waals surface area contributed by atoms with Gasteiger partial charge in [-0.1, -0.05) is 12.1 Å². The maximum Gasteiger partial charge on any atom is 0.265 e. The number of benzene rings is 2. The second kappa shape index (κ2) is 9.07. The van der Waals surface area contributed by atoms with E-state index in [1.165, 1.54) is 5.56 Å². The molecular weight excluding hydrogens is 380 g/mol. The minimum absolute atomic E-state index is 0.293. The van der Waals surface area contributed by atoms with E-state index in [4.69, 9.17) is 14.7 Å². The summed E-state index contributed by atoms with van der Waals surface area (Å²) in [7, 11) is 1.60. The van der Waals surface area contributed by atoms with E-state index in [-0.39, 0.29) is 5.91 Å². The van der Waals surface area contributed by atoms with Gasteiger partial charge in [-0.25, -0.2) is 0 Å². The van der Waals surface area contributed by atoms with Crippen LogP contribution in [0.1, 0.15) is 22.6 Å². The van der Waals surface area contributed by atoms with Gasteiger partial charge >= 0.3 is 0 Å². The first-order valence-corrected chi connectivity index (χ1v) is 10.6. The lowest BCUT2D eigenvalue weighted by atomic mass is 10.2. The molecule has 1 N–H and O–H groups in total. The summed E-state index contributed by atoms with van der Waals surface area (Å²) in [6.07, 6.45) is -0.717. The highest BCUT2D eigenvalue weighted by Crippen LogP contribution is 2.47. The number of nitrogens with one attached hydrogen (secondary N) is 1. The van der Waals surface area contributed by atoms with E-state index >= 15 is 0 Å². The highest BCUT2D eigenvalue weighted by molar-refractivity contribution is 8.19. The van der Waals surface area contributed by atoms with Crippen molar-refractivity contribution in [3.8, 4) is 17.6 Å². The van der Waals surface area contributed by atoms with Crippen molar-refractivity contribution in [1.82, 2.24) is 0 Å². The zero-order chi connectivity index (χ0) is 19.2. The zero-order valence-corrected chi connectivity index (χ0v) is 16.7. The smallest absolute Gasteiger partial charge is 0.265 e. The Labute approximate surface area is 167 Å². The minimum Gasteiger partial charge on any atom is -0.493 e. The predicted molar refractivity (Wildman–Crippen MR) is 111 cm³/mol. The molecule has 27 heavy (non-hydrogen) atoms. The first-order chi connectivity index (χ1) is 13.1. The van der Waals surface area contributed by atoms with Gasteiger partial charge in [0, 0.05) is 17.2 Å². The van der Waals surface area contributed by atoms with E-state index < -0.39 is 6.10 Å². The van der Waals surface area contributed by atoms with Crippen LogP contribution in [0, 0.1) is 11.3 Å². The van der Waals surface area contributed by atoms with E-state index in [9.17, 15) is 4.79 Å². The lowest BCUT2D eigenvalue weighted by Crippen LogP contribution is -2.30. The molecule has 0 aliphatic carbocycles. The standard InChI is InChI=1S/C20H20N2O3S2/c1-13(19(23)22-16-5-3-4-14(10-16)12-21)25-17-7-6-15(11-18(17)24-2)20-26-8-9-27-20/h3-7,10-11,13,20H,8-9H2,1-2H3,(H,22,23)/t13-/m0/s1. The third-order valence-corrected chi connectivity index (χ3v) is 7.12. The molecule has 1 heterocycles. The molecule has 0 spiro atoms. The topological polar surface area (TPSA) is 71.3 Å². The van der Waals surface area contributed by atoms with Crippen molar-refractivity contribution in [2.75, 3.05) is 23.9 Å². The normalized spacial score (nSPS) is 15.0. The SMILES string of the molecule is COc1cc(C2SCCS2)ccc1O[C@@H](C)C(=O)Nc1cccc(C#N)c1. The van der Waals surface area contributed by atoms with Crippen molar-refractivity contribution < 1.29 is 14.3 Å². The van der Waals surface area contributed by atoms with Gasteiger partial charge in [0.05, 0.1) is 23.3 Å². The number of nitrogens with zero attached hydrogens (tertiary/aromatic N) is 1. The quantitative estimate of drug-likeness (QED) is 0.772. The van der Waals surface area contributed by atoms with E-state index in [2.05, 4.69) is 11.4 Å². The van der Waals surface area contributed by atoms with Crippen molar-refractivity contribution in [3.05, 3.63) is 53.6 Å². The molecule has 140 valence electrons. The van der Waals surface area contributed by atoms with Crippen LogP contribution in [0.15, 0.2) is 42.5 Å². The van der Waals surface area contributed by atoms with Gasteiger partial charge in [0.2, 0.25) is 0 Å². The maximum absolute atomic E-state index is 12.4. The highest BCUT2D eigenvalue weighted by Gasteiger charge is 2.22. The fourth-order valence-corrected chi connectivity index (χ4v) is 5.47. The van der Waals surface area contributed by atoms with Gasteiger partial charge in [-0.2, -0.15) is 5.26 Å². The summed E-state index contributed by atoms with van der Waals surface area (Å²) in [5.74, 6) is 3.16. The molecule has 5 nitrogen and oxygen atoms in total. The second-order valence-corrected chi connectivity index (χ2v) is 8.65. The number of nitriles is 1. The van der Waals surface area contributed by atoms with Gasteiger partial charge in [0.15, 0.2) is 17.6 Å². The Morgan fingerprint density at radius 3 is 2.70 bits per heavy atom. The van der Waals surface area contributed by atoms with Crippen LogP contribution in [0.2, 0.25) is 0 Å². The summed E-state index contributed by atoms with van der Waals surface area (Å²) in [4.78, 5) is 12.4. The number of carbonyl (C=O) groups is 1. The van der Waals surface area contributed by atoms with Gasteiger partial charge < -0.3 is 14.8 Å². The Hall–Kier alpha value is -2.30. The molecule has 0 bridgehead atoms. The van der Waals surface area contributed by atoms with Gasteiger partial charge in [-0.15, -0.1) is 23.5 Å². The largest absolute Gasteiger partial charge is 0.493 e. The third kappa shape index (κ3) is 4.90. The lowest BCUT2D eigenvalue weighted by Gasteiger charge is -2.18. The third-order valence-electron chi connectivity index (χ3n) is 4.01. The molecule has 0 unspecified atom stereocenters. The summed E-state index contributed by atoms with van der Waals surface area (Å²) in [6, 6.07) is 14.7. The number of thioether (sulfide) groups is 2. The summed E-state index contributed by atoms with van der Waals surface area (Å²) in [6.45, 7) is 1.68. The van der Waals surface area contributed by atoms with Crippen LogP contribution < -0.4 is 14.8 Å². The number of methoxy groups -OCH3 is 1. The zero-order valence-electron chi connectivity index (χ0n) is 15.1. The van der Waals surface area contributed by atoms with E-state index in [0.29, 0.717) is 27.3 Å². The van der Waals surface area contributed by atoms with Crippen molar-refractivity contribution in [1.29, 1.82) is 5.26 Å². The van der Waals surface area contributed by atoms with Crippen LogP contribution in [-0.2, 0) is 4.79 Å². The van der Waals surface area contributed by atoms with Crippen LogP contribution in [0.25, 0.3) is 0 Å². The Balaban J connectivity index is 1.68. The molecule has 1 fully saturated rings. The summed E-state index contributed by atoms with van der Waals surface area (Å²) in [5.41, 5.74) is 2.24. The number of rotatable bonds is 6. The lowest BCUT2D eigenvalue weighted by molar-refractivity contribution is -0.122. The van der Waals surface area contributed by atoms with Gasteiger partial charge in [0.25, 0.3) is 5.91 Å². The number of hydrogen-bond donors (Lipinski definition) is 1. The monoisotopic (exact) mass is 400 g/mol. The van der Waals surface area contributed by atoms with Crippen molar-refractivity contribution in [2.45, 2.75) is 17.6 Å². The number of hydrogen-bond acceptors (Lipinski definition) is 6. The van der Waals surface area contributed by atoms with Gasteiger partial charge in [-0.05, 0) is 42.8 Å². The Morgan fingerprint density at radius 1 is 1.22 bits per heavy atom. The minimum atomic E-state index is -0.717. The first kappa shape index (κ1) is 19.5. The average molecular weight is 401 g/mol. The first-order valence-electron chi connectivity index (χ1n) is 8.49. The summed E-state index contributed by atoms with van der Waals surface area (Å²) >= 11 is 3.85. The molecule has 2 aromatic rings. The van der Waals surface area contributed by atoms with Gasteiger partial charge in [0.1, 0.15) is 0 Å². The Kier molecular flexibility index (Phi) is 6.54. The summed E-state index contributed by atoms with van der Waals surface area (Å²) < 4.78 is 11.7. The van der Waals surface area contributed by atoms with E-state index in [1.54, 1.807) is 38.3 Å². The van der Waals surface area contributed by atoms with Crippen molar-refractivity contribution >= 4 is 35.1 Å². The van der Waals surface area contributed by atoms with Crippen LogP contribution in [-0.4, -0.2) is 30.6 Å². The van der Waals surface area contributed by atoms with Crippen LogP contribution in [0.4, 0.5) is 5.69 Å². The number of anilines is 1. The number of ether oxygens (including phenoxy) is 2. The molecule has 1 aliphatic rings. The van der Waals surface area contributed by atoms with Crippen molar-refractivity contribution in [3.63, 3.8) is 0 Å². The molecular formula is C20H20N2O3S2. The summed E-state index contributed by atoms with van der Waals surface area (Å²) in [5, 5.41) is 11.7. The Morgan fingerprint density at radius 2 is 2.00 bits per heavy atom. The van der Waals surface area contributed by atoms with Crippen LogP contribution in [0.5, 0.6) is 11.5 Å². The predicted octanol–water partition coefficient (Wildman–Crippen LogP) is 4.45. The van der Waals surface area contributed by atoms with E-state index in [1.807, 2.05) is 41.7 Å². The van der Waals surface area contributed by atoms with E-state index in [0.717, 1.165) is 11.5 Å². The fourth-order valence-electron chi connectivity index (χ4n) is 2.63. The van der Waals surface area contributed by atoms with Gasteiger partial charge in [-0.3, -0.25) is 4.79 Å². The molecule has 3 rings (SSSR count). The molecule has 1 saturated heterocycles. The van der Waals surface area contributed by atoms with Crippen LogP contribution >= 0.6 is 23.5 Å². The highest BCUT2D eigenvalue weighted by atomic mass is 32.2. The Bertz CT molecular complexity index is 861. The number of amides is 1. The fraction of sp³-hybridized carbons (Fsp3) is 0.300. The molecule has 1 atom stereocenters. The molecule has 0 radical (unpaired) electrons. The molecule has 2 aromatic carbocycles. The average Bonchev–Trinajstić information content (AvgIpc) is 3.23. The number of carbonyl (C=O) groups excluding carboxylic acids is 1. The maximum atomic E-state index is 12.4. The second-order valence-electron chi connectivity index (χ2n) is 5.93.